The molecule has 1 fully saturated rings. The Balaban J connectivity index is 2.28. The maximum atomic E-state index is 13.5. The predicted octanol–water partition coefficient (Wildman–Crippen LogP) is 2.02. The summed E-state index contributed by atoms with van der Waals surface area (Å²) in [5.41, 5.74) is 0.349. The summed E-state index contributed by atoms with van der Waals surface area (Å²) in [5, 5.41) is 8.84. The number of aliphatic hydroxyl groups is 1. The quantitative estimate of drug-likeness (QED) is 0.680. The number of hydrogen-bond acceptors (Lipinski definition) is 4. The van der Waals surface area contributed by atoms with Crippen molar-refractivity contribution in [1.29, 1.82) is 0 Å². The fourth-order valence-corrected chi connectivity index (χ4v) is 2.83. The molecule has 1 saturated heterocycles. The van der Waals surface area contributed by atoms with E-state index in [1.807, 2.05) is 0 Å². The van der Waals surface area contributed by atoms with Crippen LogP contribution in [0.2, 0.25) is 0 Å². The maximum absolute atomic E-state index is 13.5. The van der Waals surface area contributed by atoms with E-state index in [1.54, 1.807) is 18.2 Å². The molecule has 1 aromatic rings. The first-order valence-electron chi connectivity index (χ1n) is 5.24. The van der Waals surface area contributed by atoms with Gasteiger partial charge in [0.2, 0.25) is 0 Å². The zero-order valence-corrected chi connectivity index (χ0v) is 10.9. The number of β-amino-alcohol motifs (C(OH)–C–C–N with tert-alkyl or cyclic N) is 1. The number of carbonyl (C=O) groups excluding carboxylic acids is 1. The van der Waals surface area contributed by atoms with Crippen LogP contribution in [0.5, 0.6) is 0 Å². The minimum absolute atomic E-state index is 0.153. The van der Waals surface area contributed by atoms with E-state index in [9.17, 15) is 9.18 Å². The average Bonchev–Trinajstić information content (AvgIpc) is 2.60. The lowest BCUT2D eigenvalue weighted by atomic mass is 10.2. The molecule has 6 heteroatoms. The molecule has 1 aromatic carbocycles. The normalized spacial score (nSPS) is 17.9. The van der Waals surface area contributed by atoms with Gasteiger partial charge >= 0.3 is 0 Å². The molecule has 0 saturated carbocycles. The summed E-state index contributed by atoms with van der Waals surface area (Å²) in [7, 11) is 0. The topological polar surface area (TPSA) is 40.5 Å². The molecule has 0 bridgehead atoms. The molecule has 0 aliphatic carbocycles. The van der Waals surface area contributed by atoms with E-state index in [0.29, 0.717) is 14.8 Å². The number of carbonyl (C=O) groups is 1. The molecule has 0 aromatic heterocycles. The van der Waals surface area contributed by atoms with E-state index in [0.717, 1.165) is 11.8 Å². The summed E-state index contributed by atoms with van der Waals surface area (Å²) in [6.45, 7) is 0.0126. The van der Waals surface area contributed by atoms with Crippen LogP contribution in [0.25, 0.3) is 6.08 Å². The average molecular weight is 283 g/mol. The Morgan fingerprint density at radius 3 is 2.83 bits per heavy atom. The second-order valence-electron chi connectivity index (χ2n) is 3.58. The van der Waals surface area contributed by atoms with Gasteiger partial charge in [-0.2, -0.15) is 0 Å². The lowest BCUT2D eigenvalue weighted by molar-refractivity contribution is -0.122. The molecule has 1 aliphatic rings. The van der Waals surface area contributed by atoms with Gasteiger partial charge in [-0.05, 0) is 12.1 Å². The summed E-state index contributed by atoms with van der Waals surface area (Å²) in [6, 6.07) is 6.21. The molecule has 2 rings (SSSR count). The van der Waals surface area contributed by atoms with E-state index in [4.69, 9.17) is 17.3 Å². The third kappa shape index (κ3) is 2.60. The summed E-state index contributed by atoms with van der Waals surface area (Å²) in [6.07, 6.45) is 1.48. The second kappa shape index (κ2) is 5.60. The predicted molar refractivity (Wildman–Crippen MR) is 73.4 cm³/mol. The fraction of sp³-hybridized carbons (Fsp3) is 0.167. The molecular formula is C12H10FNO2S2. The zero-order valence-electron chi connectivity index (χ0n) is 9.30. The number of rotatable bonds is 3. The van der Waals surface area contributed by atoms with Gasteiger partial charge in [0.25, 0.3) is 5.91 Å². The van der Waals surface area contributed by atoms with Crippen molar-refractivity contribution in [3.8, 4) is 0 Å². The highest BCUT2D eigenvalue weighted by Gasteiger charge is 2.31. The van der Waals surface area contributed by atoms with Crippen molar-refractivity contribution in [3.05, 3.63) is 40.6 Å². The van der Waals surface area contributed by atoms with Gasteiger partial charge in [0, 0.05) is 5.56 Å². The summed E-state index contributed by atoms with van der Waals surface area (Å²) >= 11 is 6.15. The Hall–Kier alpha value is -1.24. The highest BCUT2D eigenvalue weighted by molar-refractivity contribution is 8.26. The standard InChI is InChI=1S/C12H10FNO2S2/c13-9-4-2-1-3-8(9)7-10-11(16)14(5-6-15)12(17)18-10/h1-4,7,15H,5-6H2/b10-7-. The molecule has 94 valence electrons. The van der Waals surface area contributed by atoms with Gasteiger partial charge in [-0.3, -0.25) is 9.69 Å². The molecular weight excluding hydrogens is 273 g/mol. The van der Waals surface area contributed by atoms with Crippen LogP contribution >= 0.6 is 24.0 Å². The van der Waals surface area contributed by atoms with Crippen LogP contribution in [-0.4, -0.2) is 33.4 Å². The maximum Gasteiger partial charge on any atom is 0.266 e. The number of hydrogen-bond donors (Lipinski definition) is 1. The molecule has 1 amide bonds. The Kier molecular flexibility index (Phi) is 4.11. The van der Waals surface area contributed by atoms with E-state index in [-0.39, 0.29) is 24.9 Å². The lowest BCUT2D eigenvalue weighted by Crippen LogP contribution is -2.30. The Morgan fingerprint density at radius 2 is 2.17 bits per heavy atom. The first kappa shape index (κ1) is 13.2. The van der Waals surface area contributed by atoms with E-state index >= 15 is 0 Å². The van der Waals surface area contributed by atoms with E-state index < -0.39 is 0 Å². The lowest BCUT2D eigenvalue weighted by Gasteiger charge is -2.11. The van der Waals surface area contributed by atoms with Crippen molar-refractivity contribution in [3.63, 3.8) is 0 Å². The SMILES string of the molecule is O=C1/C(=C/c2ccccc2F)SC(=S)N1CCO. The molecule has 1 N–H and O–H groups in total. The third-order valence-corrected chi connectivity index (χ3v) is 3.77. The van der Waals surface area contributed by atoms with Crippen LogP contribution in [-0.2, 0) is 4.79 Å². The Labute approximate surface area is 113 Å². The van der Waals surface area contributed by atoms with Gasteiger partial charge < -0.3 is 5.11 Å². The number of halogens is 1. The first-order chi connectivity index (χ1) is 8.63. The summed E-state index contributed by atoms with van der Waals surface area (Å²) in [4.78, 5) is 13.6. The molecule has 0 radical (unpaired) electrons. The molecule has 3 nitrogen and oxygen atoms in total. The van der Waals surface area contributed by atoms with Crippen molar-refractivity contribution in [2.75, 3.05) is 13.2 Å². The number of thiocarbonyl (C=S) groups is 1. The van der Waals surface area contributed by atoms with Crippen LogP contribution in [0, 0.1) is 5.82 Å². The zero-order chi connectivity index (χ0) is 13.1. The van der Waals surface area contributed by atoms with Gasteiger partial charge in [-0.1, -0.05) is 42.2 Å². The van der Waals surface area contributed by atoms with Crippen molar-refractivity contribution in [2.24, 2.45) is 0 Å². The van der Waals surface area contributed by atoms with Crippen molar-refractivity contribution >= 4 is 40.3 Å². The van der Waals surface area contributed by atoms with Crippen LogP contribution in [0.4, 0.5) is 4.39 Å². The molecule has 1 aliphatic heterocycles. The second-order valence-corrected chi connectivity index (χ2v) is 5.25. The molecule has 0 spiro atoms. The van der Waals surface area contributed by atoms with Crippen LogP contribution in [0.3, 0.4) is 0 Å². The van der Waals surface area contributed by atoms with E-state index in [2.05, 4.69) is 0 Å². The van der Waals surface area contributed by atoms with Gasteiger partial charge in [0.1, 0.15) is 10.1 Å². The minimum Gasteiger partial charge on any atom is -0.395 e. The fourth-order valence-electron chi connectivity index (χ4n) is 1.53. The minimum atomic E-state index is -0.384. The van der Waals surface area contributed by atoms with Gasteiger partial charge in [-0.15, -0.1) is 0 Å². The third-order valence-electron chi connectivity index (χ3n) is 2.39. The molecule has 18 heavy (non-hydrogen) atoms. The first-order valence-corrected chi connectivity index (χ1v) is 6.46. The highest BCUT2D eigenvalue weighted by atomic mass is 32.2. The van der Waals surface area contributed by atoms with E-state index in [1.165, 1.54) is 17.0 Å². The smallest absolute Gasteiger partial charge is 0.266 e. The number of nitrogens with zero attached hydrogens (tertiary/aromatic N) is 1. The Morgan fingerprint density at radius 1 is 1.44 bits per heavy atom. The summed E-state index contributed by atoms with van der Waals surface area (Å²) < 4.78 is 13.8. The van der Waals surface area contributed by atoms with Crippen LogP contribution < -0.4 is 0 Å². The summed E-state index contributed by atoms with van der Waals surface area (Å²) in [5.74, 6) is -0.674. The number of thioether (sulfide) groups is 1. The van der Waals surface area contributed by atoms with Gasteiger partial charge in [-0.25, -0.2) is 4.39 Å². The number of amides is 1. The largest absolute Gasteiger partial charge is 0.395 e. The monoisotopic (exact) mass is 283 g/mol. The van der Waals surface area contributed by atoms with Crippen molar-refractivity contribution < 1.29 is 14.3 Å². The van der Waals surface area contributed by atoms with Crippen molar-refractivity contribution in [2.45, 2.75) is 0 Å². The van der Waals surface area contributed by atoms with Crippen LogP contribution in [0.1, 0.15) is 5.56 Å². The molecule has 0 atom stereocenters. The van der Waals surface area contributed by atoms with Crippen molar-refractivity contribution in [1.82, 2.24) is 4.90 Å². The van der Waals surface area contributed by atoms with Crippen LogP contribution in [0.15, 0.2) is 29.2 Å². The molecule has 1 heterocycles. The highest BCUT2D eigenvalue weighted by Crippen LogP contribution is 2.32. The number of benzene rings is 1. The Bertz CT molecular complexity index is 531. The molecule has 0 unspecified atom stereocenters. The van der Waals surface area contributed by atoms with Gasteiger partial charge in [0.15, 0.2) is 0 Å². The number of aliphatic hydroxyl groups excluding tert-OH is 1. The van der Waals surface area contributed by atoms with Gasteiger partial charge in [0.05, 0.1) is 18.1 Å².